The predicted octanol–water partition coefficient (Wildman–Crippen LogP) is 4.05. The van der Waals surface area contributed by atoms with Gasteiger partial charge >= 0.3 is 5.97 Å². The number of ether oxygens (including phenoxy) is 3. The SMILES string of the molecule is CCCCOC(OCCCC)(OCCCC)C(C)=N[O-]. The van der Waals surface area contributed by atoms with Gasteiger partial charge in [0.25, 0.3) is 0 Å². The zero-order valence-corrected chi connectivity index (χ0v) is 13.4. The molecule has 5 heteroatoms. The number of hydrogen-bond donors (Lipinski definition) is 0. The molecule has 0 aromatic carbocycles. The molecule has 0 rings (SSSR count). The van der Waals surface area contributed by atoms with Crippen molar-refractivity contribution < 1.29 is 14.2 Å². The van der Waals surface area contributed by atoms with Crippen molar-refractivity contribution in [3.8, 4) is 0 Å². The molecular weight excluding hydrogens is 258 g/mol. The lowest BCUT2D eigenvalue weighted by atomic mass is 10.3. The molecule has 0 aromatic heterocycles. The van der Waals surface area contributed by atoms with Crippen LogP contribution in [0.4, 0.5) is 0 Å². The van der Waals surface area contributed by atoms with Gasteiger partial charge in [-0.05, 0) is 26.2 Å². The molecular formula is C15H30NO4-. The zero-order chi connectivity index (χ0) is 15.3. The molecule has 0 aliphatic carbocycles. The quantitative estimate of drug-likeness (QED) is 0.222. The second-order valence-corrected chi connectivity index (χ2v) is 4.84. The van der Waals surface area contributed by atoms with E-state index in [4.69, 9.17) is 14.2 Å². The minimum Gasteiger partial charge on any atom is -0.792 e. The highest BCUT2D eigenvalue weighted by Crippen LogP contribution is 2.20. The van der Waals surface area contributed by atoms with Gasteiger partial charge in [0, 0.05) is 0 Å². The summed E-state index contributed by atoms with van der Waals surface area (Å²) in [6.45, 7) is 9.29. The summed E-state index contributed by atoms with van der Waals surface area (Å²) in [7, 11) is 0. The predicted molar refractivity (Wildman–Crippen MR) is 81.8 cm³/mol. The van der Waals surface area contributed by atoms with Crippen LogP contribution >= 0.6 is 0 Å². The fraction of sp³-hybridized carbons (Fsp3) is 0.933. The third kappa shape index (κ3) is 7.22. The molecule has 0 spiro atoms. The summed E-state index contributed by atoms with van der Waals surface area (Å²) in [5, 5.41) is 13.9. The Balaban J connectivity index is 4.76. The fourth-order valence-corrected chi connectivity index (χ4v) is 1.55. The van der Waals surface area contributed by atoms with Crippen molar-refractivity contribution in [3.63, 3.8) is 0 Å². The molecule has 0 N–H and O–H groups in total. The first-order valence-electron chi connectivity index (χ1n) is 7.76. The molecule has 0 heterocycles. The van der Waals surface area contributed by atoms with E-state index in [0.29, 0.717) is 19.8 Å². The first-order valence-corrected chi connectivity index (χ1v) is 7.76. The monoisotopic (exact) mass is 288 g/mol. The highest BCUT2D eigenvalue weighted by Gasteiger charge is 2.36. The number of nitrogens with zero attached hydrogens (tertiary/aromatic N) is 1. The van der Waals surface area contributed by atoms with Crippen LogP contribution in [-0.2, 0) is 14.2 Å². The van der Waals surface area contributed by atoms with Crippen molar-refractivity contribution >= 4 is 5.71 Å². The Morgan fingerprint density at radius 2 is 1.20 bits per heavy atom. The summed E-state index contributed by atoms with van der Waals surface area (Å²) < 4.78 is 17.2. The highest BCUT2D eigenvalue weighted by molar-refractivity contribution is 5.88. The molecule has 0 aliphatic heterocycles. The highest BCUT2D eigenvalue weighted by atomic mass is 16.9. The van der Waals surface area contributed by atoms with Gasteiger partial charge in [0.05, 0.1) is 25.5 Å². The second kappa shape index (κ2) is 12.1. The lowest BCUT2D eigenvalue weighted by molar-refractivity contribution is -0.336. The van der Waals surface area contributed by atoms with Crippen molar-refractivity contribution in [2.75, 3.05) is 19.8 Å². The standard InChI is InChI=1S/C15H31NO4/c1-5-8-11-18-15(14(4)16-17,19-12-9-6-2)20-13-10-7-3/h17H,5-13H2,1-4H3/p-1. The van der Waals surface area contributed by atoms with Gasteiger partial charge in [-0.1, -0.05) is 40.0 Å². The molecule has 5 nitrogen and oxygen atoms in total. The van der Waals surface area contributed by atoms with E-state index in [1.807, 2.05) is 0 Å². The summed E-state index contributed by atoms with van der Waals surface area (Å²) in [5.74, 6) is -1.40. The maximum Gasteiger partial charge on any atom is 0.324 e. The van der Waals surface area contributed by atoms with Crippen LogP contribution in [0.3, 0.4) is 0 Å². The van der Waals surface area contributed by atoms with E-state index in [9.17, 15) is 5.21 Å². The van der Waals surface area contributed by atoms with Gasteiger partial charge in [-0.15, -0.1) is 0 Å². The van der Waals surface area contributed by atoms with Gasteiger partial charge in [0.2, 0.25) is 0 Å². The molecule has 0 aliphatic rings. The van der Waals surface area contributed by atoms with E-state index in [-0.39, 0.29) is 5.71 Å². The average molecular weight is 288 g/mol. The van der Waals surface area contributed by atoms with Crippen LogP contribution in [-0.4, -0.2) is 31.5 Å². The molecule has 0 amide bonds. The molecule has 0 unspecified atom stereocenters. The van der Waals surface area contributed by atoms with Crippen molar-refractivity contribution in [1.82, 2.24) is 0 Å². The summed E-state index contributed by atoms with van der Waals surface area (Å²) >= 11 is 0. The molecule has 0 atom stereocenters. The van der Waals surface area contributed by atoms with Crippen LogP contribution in [0.1, 0.15) is 66.2 Å². The summed E-state index contributed by atoms with van der Waals surface area (Å²) in [5.41, 5.74) is 0.195. The molecule has 0 bridgehead atoms. The van der Waals surface area contributed by atoms with Crippen LogP contribution < -0.4 is 0 Å². The van der Waals surface area contributed by atoms with E-state index in [0.717, 1.165) is 38.5 Å². The number of hydrogen-bond acceptors (Lipinski definition) is 5. The maximum atomic E-state index is 10.9. The van der Waals surface area contributed by atoms with Gasteiger partial charge in [-0.2, -0.15) is 0 Å². The Morgan fingerprint density at radius 3 is 1.45 bits per heavy atom. The largest absolute Gasteiger partial charge is 0.792 e. The maximum absolute atomic E-state index is 10.9. The lowest BCUT2D eigenvalue weighted by Crippen LogP contribution is -2.46. The van der Waals surface area contributed by atoms with Crippen molar-refractivity contribution in [1.29, 1.82) is 0 Å². The third-order valence-corrected chi connectivity index (χ3v) is 2.95. The van der Waals surface area contributed by atoms with Gasteiger partial charge in [0.1, 0.15) is 0 Å². The average Bonchev–Trinajstić information content (AvgIpc) is 2.46. The van der Waals surface area contributed by atoms with Crippen molar-refractivity contribution in [3.05, 3.63) is 5.21 Å². The molecule has 0 saturated carbocycles. The van der Waals surface area contributed by atoms with Gasteiger partial charge < -0.3 is 24.6 Å². The Labute approximate surface area is 123 Å². The van der Waals surface area contributed by atoms with Crippen molar-refractivity contribution in [2.24, 2.45) is 5.16 Å². The Morgan fingerprint density at radius 1 is 0.850 bits per heavy atom. The van der Waals surface area contributed by atoms with E-state index >= 15 is 0 Å². The number of rotatable bonds is 13. The van der Waals surface area contributed by atoms with Crippen LogP contribution in [0.2, 0.25) is 0 Å². The van der Waals surface area contributed by atoms with Crippen LogP contribution in [0, 0.1) is 5.21 Å². The minimum absolute atomic E-state index is 0.195. The normalized spacial score (nSPS) is 12.9. The van der Waals surface area contributed by atoms with Crippen LogP contribution in [0.5, 0.6) is 0 Å². The Kier molecular flexibility index (Phi) is 11.7. The smallest absolute Gasteiger partial charge is 0.324 e. The first-order chi connectivity index (χ1) is 9.66. The zero-order valence-electron chi connectivity index (χ0n) is 13.4. The lowest BCUT2D eigenvalue weighted by Gasteiger charge is -2.33. The molecule has 0 aromatic rings. The van der Waals surface area contributed by atoms with Gasteiger partial charge in [0.15, 0.2) is 0 Å². The summed E-state index contributed by atoms with van der Waals surface area (Å²) in [4.78, 5) is 0. The topological polar surface area (TPSA) is 63.1 Å². The minimum atomic E-state index is -1.40. The second-order valence-electron chi connectivity index (χ2n) is 4.84. The Bertz CT molecular complexity index is 230. The fourth-order valence-electron chi connectivity index (χ4n) is 1.55. The van der Waals surface area contributed by atoms with Gasteiger partial charge in [-0.3, -0.25) is 0 Å². The van der Waals surface area contributed by atoms with Crippen LogP contribution in [0.25, 0.3) is 0 Å². The van der Waals surface area contributed by atoms with E-state index in [1.54, 1.807) is 6.92 Å². The first kappa shape index (κ1) is 19.4. The van der Waals surface area contributed by atoms with Crippen molar-refractivity contribution in [2.45, 2.75) is 72.2 Å². The summed E-state index contributed by atoms with van der Waals surface area (Å²) in [6, 6.07) is 0. The summed E-state index contributed by atoms with van der Waals surface area (Å²) in [6.07, 6.45) is 5.70. The van der Waals surface area contributed by atoms with E-state index < -0.39 is 5.97 Å². The molecule has 0 saturated heterocycles. The molecule has 120 valence electrons. The molecule has 0 radical (unpaired) electrons. The van der Waals surface area contributed by atoms with Gasteiger partial charge in [-0.25, -0.2) is 0 Å². The van der Waals surface area contributed by atoms with E-state index in [1.165, 1.54) is 0 Å². The molecule has 0 fully saturated rings. The third-order valence-electron chi connectivity index (χ3n) is 2.95. The molecule has 20 heavy (non-hydrogen) atoms. The van der Waals surface area contributed by atoms with Crippen LogP contribution in [0.15, 0.2) is 5.16 Å². The van der Waals surface area contributed by atoms with E-state index in [2.05, 4.69) is 25.9 Å². The Hall–Kier alpha value is -0.650. The number of unbranched alkanes of at least 4 members (excludes halogenated alkanes) is 3.